The lowest BCUT2D eigenvalue weighted by molar-refractivity contribution is 0.111. The normalized spacial score (nSPS) is 24.4. The fourth-order valence-electron chi connectivity index (χ4n) is 2.10. The Balaban J connectivity index is 1.77. The fraction of sp³-hybridized carbons (Fsp3) is 0.667. The Kier molecular flexibility index (Phi) is 4.14. The van der Waals surface area contributed by atoms with Crippen molar-refractivity contribution in [2.45, 2.75) is 31.8 Å². The smallest absolute Gasteiger partial charge is 0.222 e. The van der Waals surface area contributed by atoms with E-state index < -0.39 is 0 Å². The van der Waals surface area contributed by atoms with Gasteiger partial charge in [-0.3, -0.25) is 0 Å². The molecule has 0 bridgehead atoms. The zero-order valence-corrected chi connectivity index (χ0v) is 10.1. The van der Waals surface area contributed by atoms with Crippen molar-refractivity contribution in [2.75, 3.05) is 19.0 Å². The van der Waals surface area contributed by atoms with Gasteiger partial charge in [0.2, 0.25) is 5.95 Å². The molecule has 2 rings (SSSR count). The maximum atomic E-state index is 9.41. The van der Waals surface area contributed by atoms with Crippen molar-refractivity contribution in [1.29, 1.82) is 0 Å². The minimum atomic E-state index is -0.0940. The van der Waals surface area contributed by atoms with Gasteiger partial charge in [-0.1, -0.05) is 0 Å². The molecule has 0 saturated heterocycles. The van der Waals surface area contributed by atoms with Crippen molar-refractivity contribution in [3.05, 3.63) is 12.4 Å². The standard InChI is InChI=1S/C12H19N3O2/c1-17-11-7-14-12(15-8-11)13-6-9-2-4-10(16)5-3-9/h7-10,16H,2-6H2,1H3,(H,13,14,15). The van der Waals surface area contributed by atoms with Crippen molar-refractivity contribution in [2.24, 2.45) is 5.92 Å². The highest BCUT2D eigenvalue weighted by atomic mass is 16.5. The molecule has 17 heavy (non-hydrogen) atoms. The van der Waals surface area contributed by atoms with Crippen molar-refractivity contribution in [3.63, 3.8) is 0 Å². The fourth-order valence-corrected chi connectivity index (χ4v) is 2.10. The maximum Gasteiger partial charge on any atom is 0.222 e. The Morgan fingerprint density at radius 3 is 2.53 bits per heavy atom. The van der Waals surface area contributed by atoms with Gasteiger partial charge in [0.05, 0.1) is 25.6 Å². The molecule has 0 aliphatic heterocycles. The predicted octanol–water partition coefficient (Wildman–Crippen LogP) is 1.45. The van der Waals surface area contributed by atoms with E-state index in [0.29, 0.717) is 17.6 Å². The van der Waals surface area contributed by atoms with Crippen LogP contribution in [0.4, 0.5) is 5.95 Å². The van der Waals surface area contributed by atoms with Crippen LogP contribution in [0.5, 0.6) is 5.75 Å². The number of aromatic nitrogens is 2. The van der Waals surface area contributed by atoms with Crippen LogP contribution in [0.25, 0.3) is 0 Å². The topological polar surface area (TPSA) is 67.3 Å². The lowest BCUT2D eigenvalue weighted by Crippen LogP contribution is -2.24. The minimum Gasteiger partial charge on any atom is -0.494 e. The second-order valence-corrected chi connectivity index (χ2v) is 4.50. The van der Waals surface area contributed by atoms with Crippen LogP contribution in [-0.2, 0) is 0 Å². The number of anilines is 1. The molecule has 1 aliphatic carbocycles. The Hall–Kier alpha value is -1.36. The molecule has 1 aromatic rings. The van der Waals surface area contributed by atoms with Crippen molar-refractivity contribution >= 4 is 5.95 Å². The summed E-state index contributed by atoms with van der Waals surface area (Å²) in [6.07, 6.45) is 7.18. The summed E-state index contributed by atoms with van der Waals surface area (Å²) >= 11 is 0. The Bertz CT molecular complexity index is 334. The van der Waals surface area contributed by atoms with E-state index in [1.807, 2.05) is 0 Å². The minimum absolute atomic E-state index is 0.0940. The molecule has 1 fully saturated rings. The molecule has 0 amide bonds. The molecule has 0 atom stereocenters. The molecular formula is C12H19N3O2. The maximum absolute atomic E-state index is 9.41. The van der Waals surface area contributed by atoms with Crippen LogP contribution in [0.3, 0.4) is 0 Å². The highest BCUT2D eigenvalue weighted by Crippen LogP contribution is 2.24. The summed E-state index contributed by atoms with van der Waals surface area (Å²) < 4.78 is 4.99. The molecule has 0 unspecified atom stereocenters. The summed E-state index contributed by atoms with van der Waals surface area (Å²) in [5.41, 5.74) is 0. The van der Waals surface area contributed by atoms with Crippen LogP contribution >= 0.6 is 0 Å². The van der Waals surface area contributed by atoms with Gasteiger partial charge in [-0.05, 0) is 31.6 Å². The Morgan fingerprint density at radius 2 is 1.94 bits per heavy atom. The first-order chi connectivity index (χ1) is 8.28. The van der Waals surface area contributed by atoms with Gasteiger partial charge in [0.1, 0.15) is 0 Å². The second-order valence-electron chi connectivity index (χ2n) is 4.50. The van der Waals surface area contributed by atoms with Gasteiger partial charge in [-0.15, -0.1) is 0 Å². The SMILES string of the molecule is COc1cnc(NCC2CCC(O)CC2)nc1. The average molecular weight is 237 g/mol. The summed E-state index contributed by atoms with van der Waals surface area (Å²) in [7, 11) is 1.60. The van der Waals surface area contributed by atoms with Crippen LogP contribution in [0.1, 0.15) is 25.7 Å². The van der Waals surface area contributed by atoms with E-state index >= 15 is 0 Å². The first kappa shape index (κ1) is 12.1. The molecule has 5 nitrogen and oxygen atoms in total. The van der Waals surface area contributed by atoms with Gasteiger partial charge in [-0.25, -0.2) is 9.97 Å². The third-order valence-electron chi connectivity index (χ3n) is 3.23. The first-order valence-electron chi connectivity index (χ1n) is 6.06. The quantitative estimate of drug-likeness (QED) is 0.829. The van der Waals surface area contributed by atoms with Crippen molar-refractivity contribution < 1.29 is 9.84 Å². The molecule has 0 radical (unpaired) electrons. The number of hydrogen-bond donors (Lipinski definition) is 2. The van der Waals surface area contributed by atoms with E-state index in [-0.39, 0.29) is 6.10 Å². The summed E-state index contributed by atoms with van der Waals surface area (Å²) in [6.45, 7) is 0.874. The molecule has 2 N–H and O–H groups in total. The number of rotatable bonds is 4. The number of nitrogens with zero attached hydrogens (tertiary/aromatic N) is 2. The zero-order valence-electron chi connectivity index (χ0n) is 10.1. The van der Waals surface area contributed by atoms with Gasteiger partial charge in [0.15, 0.2) is 5.75 Å². The van der Waals surface area contributed by atoms with Crippen LogP contribution in [-0.4, -0.2) is 34.8 Å². The average Bonchev–Trinajstić information content (AvgIpc) is 2.39. The number of aliphatic hydroxyl groups is 1. The third kappa shape index (κ3) is 3.56. The molecule has 0 aromatic carbocycles. The molecule has 1 aliphatic rings. The number of methoxy groups -OCH3 is 1. The Morgan fingerprint density at radius 1 is 1.29 bits per heavy atom. The number of nitrogens with one attached hydrogen (secondary N) is 1. The predicted molar refractivity (Wildman–Crippen MR) is 65.0 cm³/mol. The molecule has 94 valence electrons. The highest BCUT2D eigenvalue weighted by molar-refractivity contribution is 5.26. The van der Waals surface area contributed by atoms with Crippen molar-refractivity contribution in [3.8, 4) is 5.75 Å². The van der Waals surface area contributed by atoms with E-state index in [1.54, 1.807) is 19.5 Å². The number of aliphatic hydroxyl groups excluding tert-OH is 1. The van der Waals surface area contributed by atoms with Gasteiger partial charge < -0.3 is 15.2 Å². The molecule has 0 spiro atoms. The van der Waals surface area contributed by atoms with Gasteiger partial charge in [-0.2, -0.15) is 0 Å². The van der Waals surface area contributed by atoms with Gasteiger partial charge in [0.25, 0.3) is 0 Å². The molecule has 1 aromatic heterocycles. The molecular weight excluding hydrogens is 218 g/mol. The van der Waals surface area contributed by atoms with E-state index in [2.05, 4.69) is 15.3 Å². The van der Waals surface area contributed by atoms with Crippen LogP contribution in [0.15, 0.2) is 12.4 Å². The zero-order chi connectivity index (χ0) is 12.1. The van der Waals surface area contributed by atoms with Crippen LogP contribution in [0.2, 0.25) is 0 Å². The summed E-state index contributed by atoms with van der Waals surface area (Å²) in [6, 6.07) is 0. The van der Waals surface area contributed by atoms with E-state index in [9.17, 15) is 5.11 Å². The lowest BCUT2D eigenvalue weighted by Gasteiger charge is -2.25. The van der Waals surface area contributed by atoms with E-state index in [1.165, 1.54) is 0 Å². The molecule has 1 heterocycles. The van der Waals surface area contributed by atoms with Gasteiger partial charge in [0, 0.05) is 6.54 Å². The number of hydrogen-bond acceptors (Lipinski definition) is 5. The highest BCUT2D eigenvalue weighted by Gasteiger charge is 2.19. The largest absolute Gasteiger partial charge is 0.494 e. The Labute approximate surface area is 101 Å². The summed E-state index contributed by atoms with van der Waals surface area (Å²) in [4.78, 5) is 8.30. The van der Waals surface area contributed by atoms with Crippen LogP contribution in [0, 0.1) is 5.92 Å². The van der Waals surface area contributed by atoms with Gasteiger partial charge >= 0.3 is 0 Å². The van der Waals surface area contributed by atoms with Crippen molar-refractivity contribution in [1.82, 2.24) is 9.97 Å². The molecule has 1 saturated carbocycles. The van der Waals surface area contributed by atoms with E-state index in [4.69, 9.17) is 4.74 Å². The number of ether oxygens (including phenoxy) is 1. The van der Waals surface area contributed by atoms with E-state index in [0.717, 1.165) is 32.2 Å². The third-order valence-corrected chi connectivity index (χ3v) is 3.23. The summed E-state index contributed by atoms with van der Waals surface area (Å²) in [5, 5.41) is 12.6. The lowest BCUT2D eigenvalue weighted by atomic mass is 9.87. The van der Waals surface area contributed by atoms with Crippen LogP contribution < -0.4 is 10.1 Å². The first-order valence-corrected chi connectivity index (χ1v) is 6.06. The molecule has 5 heteroatoms. The summed E-state index contributed by atoms with van der Waals surface area (Å²) in [5.74, 6) is 1.91. The second kappa shape index (κ2) is 5.82. The monoisotopic (exact) mass is 237 g/mol.